The summed E-state index contributed by atoms with van der Waals surface area (Å²) >= 11 is 0. The molecule has 1 aromatic heterocycles. The molecule has 8 heteroatoms. The third-order valence-corrected chi connectivity index (χ3v) is 3.00. The quantitative estimate of drug-likeness (QED) is 0.720. The van der Waals surface area contributed by atoms with Gasteiger partial charge in [0.2, 0.25) is 5.82 Å². The zero-order valence-electron chi connectivity index (χ0n) is 9.98. The Balaban J connectivity index is 3.47. The van der Waals surface area contributed by atoms with Gasteiger partial charge in [0, 0.05) is 13.1 Å². The van der Waals surface area contributed by atoms with Gasteiger partial charge in [-0.05, 0) is 29.2 Å². The lowest BCUT2D eigenvalue weighted by atomic mass is 10.5. The highest BCUT2D eigenvalue weighted by Crippen LogP contribution is 2.06. The molecule has 0 aliphatic heterocycles. The number of hydrogen-bond donors (Lipinski definition) is 1. The van der Waals surface area contributed by atoms with Crippen molar-refractivity contribution in [2.24, 2.45) is 0 Å². The summed E-state index contributed by atoms with van der Waals surface area (Å²) < 4.78 is 2.22. The van der Waals surface area contributed by atoms with Gasteiger partial charge in [-0.3, -0.25) is 9.13 Å². The Kier molecular flexibility index (Phi) is 4.57. The maximum atomic E-state index is 11.9. The number of amides is 1. The summed E-state index contributed by atoms with van der Waals surface area (Å²) in [7, 11) is 0.0418. The second-order valence-corrected chi connectivity index (χ2v) is 4.06. The van der Waals surface area contributed by atoms with Crippen LogP contribution in [-0.2, 0) is 6.54 Å². The summed E-state index contributed by atoms with van der Waals surface area (Å²) in [6.45, 7) is 5.83. The highest BCUT2D eigenvalue weighted by atomic mass is 31.1. The van der Waals surface area contributed by atoms with Crippen LogP contribution in [0.25, 0.3) is 0 Å². The van der Waals surface area contributed by atoms with E-state index in [2.05, 4.69) is 10.3 Å². The first kappa shape index (κ1) is 13.6. The summed E-state index contributed by atoms with van der Waals surface area (Å²) in [5, 5.41) is 2.52. The van der Waals surface area contributed by atoms with Crippen LogP contribution >= 0.6 is 8.73 Å². The Labute approximate surface area is 99.7 Å². The Hall–Kier alpha value is -1.49. The largest absolute Gasteiger partial charge is 0.353 e. The predicted molar refractivity (Wildman–Crippen MR) is 66.1 cm³/mol. The Morgan fingerprint density at radius 3 is 2.53 bits per heavy atom. The highest BCUT2D eigenvalue weighted by Gasteiger charge is 2.16. The topological polar surface area (TPSA) is 86.0 Å². The zero-order valence-corrected chi connectivity index (χ0v) is 11.0. The Morgan fingerprint density at radius 2 is 2.06 bits per heavy atom. The van der Waals surface area contributed by atoms with Crippen LogP contribution in [0.5, 0.6) is 0 Å². The van der Waals surface area contributed by atoms with Crippen molar-refractivity contribution in [1.82, 2.24) is 19.2 Å². The maximum absolute atomic E-state index is 11.9. The fourth-order valence-corrected chi connectivity index (χ4v) is 2.03. The van der Waals surface area contributed by atoms with Crippen molar-refractivity contribution in [2.75, 3.05) is 13.2 Å². The first-order chi connectivity index (χ1) is 8.06. The van der Waals surface area contributed by atoms with E-state index in [1.54, 1.807) is 20.5 Å². The molecular weight excluding hydrogens is 243 g/mol. The number of nitrogens with one attached hydrogen (secondary N) is 1. The molecule has 0 aromatic carbocycles. The number of rotatable bonds is 4. The fourth-order valence-electron chi connectivity index (χ4n) is 1.36. The molecule has 1 unspecified atom stereocenters. The van der Waals surface area contributed by atoms with Crippen molar-refractivity contribution in [1.29, 1.82) is 0 Å². The first-order valence-electron chi connectivity index (χ1n) is 5.26. The molecule has 0 saturated carbocycles. The van der Waals surface area contributed by atoms with E-state index in [-0.39, 0.29) is 21.1 Å². The molecule has 1 heterocycles. The third-order valence-electron chi connectivity index (χ3n) is 2.15. The van der Waals surface area contributed by atoms with Crippen LogP contribution in [0.4, 0.5) is 0 Å². The molecule has 94 valence electrons. The standard InChI is InChI=1S/C9H15N4O3P/c1-4-10-7(14)6-11-8(15)12(5-2)9(16)13(6)17-3/h17H,4-5H2,1-3H3,(H,10,14). The molecule has 1 rings (SSSR count). The smallest absolute Gasteiger partial charge is 0.350 e. The second kappa shape index (κ2) is 5.72. The van der Waals surface area contributed by atoms with Crippen molar-refractivity contribution in [2.45, 2.75) is 20.4 Å². The van der Waals surface area contributed by atoms with Crippen molar-refractivity contribution >= 4 is 14.6 Å². The van der Waals surface area contributed by atoms with Gasteiger partial charge in [-0.2, -0.15) is 4.98 Å². The minimum absolute atomic E-state index is 0.0418. The van der Waals surface area contributed by atoms with Gasteiger partial charge in [0.25, 0.3) is 5.91 Å². The highest BCUT2D eigenvalue weighted by molar-refractivity contribution is 7.35. The van der Waals surface area contributed by atoms with Crippen LogP contribution in [-0.4, -0.2) is 33.0 Å². The number of nitrogens with zero attached hydrogens (tertiary/aromatic N) is 3. The van der Waals surface area contributed by atoms with E-state index in [1.165, 1.54) is 4.34 Å². The average Bonchev–Trinajstić information content (AvgIpc) is 2.29. The molecule has 0 fully saturated rings. The van der Waals surface area contributed by atoms with Gasteiger partial charge in [-0.15, -0.1) is 0 Å². The maximum Gasteiger partial charge on any atom is 0.353 e. The third kappa shape index (κ3) is 2.61. The summed E-state index contributed by atoms with van der Waals surface area (Å²) in [6.07, 6.45) is 0. The van der Waals surface area contributed by atoms with Gasteiger partial charge in [0.15, 0.2) is 0 Å². The summed E-state index contributed by atoms with van der Waals surface area (Å²) in [6, 6.07) is 0. The molecule has 1 aromatic rings. The van der Waals surface area contributed by atoms with Gasteiger partial charge in [-0.25, -0.2) is 14.2 Å². The summed E-state index contributed by atoms with van der Waals surface area (Å²) in [5.41, 5.74) is -1.18. The molecule has 1 atom stereocenters. The minimum atomic E-state index is -0.687. The molecule has 17 heavy (non-hydrogen) atoms. The predicted octanol–water partition coefficient (Wildman–Crippen LogP) is -0.754. The molecule has 1 amide bonds. The van der Waals surface area contributed by atoms with Crippen LogP contribution in [0.15, 0.2) is 9.59 Å². The lowest BCUT2D eigenvalue weighted by Gasteiger charge is -2.10. The number of hydrogen-bond acceptors (Lipinski definition) is 4. The van der Waals surface area contributed by atoms with Crippen LogP contribution in [0.2, 0.25) is 0 Å². The number of carbonyl (C=O) groups is 1. The van der Waals surface area contributed by atoms with Gasteiger partial charge in [0.1, 0.15) is 0 Å². The molecule has 0 bridgehead atoms. The van der Waals surface area contributed by atoms with E-state index >= 15 is 0 Å². The monoisotopic (exact) mass is 258 g/mol. The van der Waals surface area contributed by atoms with Gasteiger partial charge in [0.05, 0.1) is 0 Å². The summed E-state index contributed by atoms with van der Waals surface area (Å²) in [5.74, 6) is -0.619. The first-order valence-corrected chi connectivity index (χ1v) is 6.71. The SMILES string of the molecule is CCNC(=O)c1nc(=O)n(CC)c(=O)n1PC. The molecule has 0 aliphatic carbocycles. The number of carbonyl (C=O) groups excluding carboxylic acids is 1. The molecule has 0 radical (unpaired) electrons. The van der Waals surface area contributed by atoms with Crippen LogP contribution in [0.3, 0.4) is 0 Å². The van der Waals surface area contributed by atoms with Crippen molar-refractivity contribution in [3.05, 3.63) is 26.8 Å². The van der Waals surface area contributed by atoms with Crippen molar-refractivity contribution in [3.8, 4) is 0 Å². The van der Waals surface area contributed by atoms with E-state index in [0.29, 0.717) is 6.54 Å². The van der Waals surface area contributed by atoms with Crippen molar-refractivity contribution < 1.29 is 4.79 Å². The van der Waals surface area contributed by atoms with Crippen LogP contribution < -0.4 is 16.7 Å². The van der Waals surface area contributed by atoms with Gasteiger partial charge >= 0.3 is 11.4 Å². The molecule has 0 saturated heterocycles. The van der Waals surface area contributed by atoms with E-state index in [0.717, 1.165) is 4.57 Å². The molecule has 7 nitrogen and oxygen atoms in total. The molecule has 0 spiro atoms. The average molecular weight is 258 g/mol. The molecule has 1 N–H and O–H groups in total. The van der Waals surface area contributed by atoms with Gasteiger partial charge < -0.3 is 5.32 Å². The van der Waals surface area contributed by atoms with E-state index in [1.807, 2.05) is 0 Å². The fraction of sp³-hybridized carbons (Fsp3) is 0.556. The van der Waals surface area contributed by atoms with E-state index in [4.69, 9.17) is 0 Å². The van der Waals surface area contributed by atoms with E-state index < -0.39 is 17.3 Å². The second-order valence-electron chi connectivity index (χ2n) is 3.16. The van der Waals surface area contributed by atoms with Gasteiger partial charge in [-0.1, -0.05) is 0 Å². The molecule has 0 aliphatic rings. The normalized spacial score (nSPS) is 11.0. The van der Waals surface area contributed by atoms with E-state index in [9.17, 15) is 14.4 Å². The van der Waals surface area contributed by atoms with Crippen molar-refractivity contribution in [3.63, 3.8) is 0 Å². The minimum Gasteiger partial charge on any atom is -0.350 e. The zero-order chi connectivity index (χ0) is 13.0. The number of aromatic nitrogens is 3. The van der Waals surface area contributed by atoms with Crippen LogP contribution in [0, 0.1) is 0 Å². The Bertz CT molecular complexity index is 534. The van der Waals surface area contributed by atoms with Crippen LogP contribution in [0.1, 0.15) is 24.5 Å². The lowest BCUT2D eigenvalue weighted by Crippen LogP contribution is -2.43. The Morgan fingerprint density at radius 1 is 1.41 bits per heavy atom. The lowest BCUT2D eigenvalue weighted by molar-refractivity contribution is 0.0942. The molecular formula is C9H15N4O3P. The summed E-state index contributed by atoms with van der Waals surface area (Å²) in [4.78, 5) is 38.7.